The van der Waals surface area contributed by atoms with Crippen LogP contribution in [0.5, 0.6) is 5.75 Å². The van der Waals surface area contributed by atoms with Crippen LogP contribution < -0.4 is 15.4 Å². The molecule has 3 aromatic rings. The molecule has 0 saturated heterocycles. The van der Waals surface area contributed by atoms with Crippen molar-refractivity contribution in [2.75, 3.05) is 17.2 Å². The third-order valence-corrected chi connectivity index (χ3v) is 4.72. The van der Waals surface area contributed by atoms with E-state index in [9.17, 15) is 18.4 Å². The van der Waals surface area contributed by atoms with Crippen LogP contribution >= 0.6 is 23.2 Å². The minimum Gasteiger partial charge on any atom is -0.493 e. The normalized spacial score (nSPS) is 10.5. The van der Waals surface area contributed by atoms with Crippen molar-refractivity contribution in [3.05, 3.63) is 87.4 Å². The molecule has 0 saturated carbocycles. The van der Waals surface area contributed by atoms with Crippen LogP contribution in [0.1, 0.15) is 27.6 Å². The van der Waals surface area contributed by atoms with Crippen molar-refractivity contribution in [1.29, 1.82) is 0 Å². The number of amides is 2. The number of benzene rings is 3. The molecule has 5 nitrogen and oxygen atoms in total. The Balaban J connectivity index is 1.86. The molecule has 3 aromatic carbocycles. The molecule has 0 atom stereocenters. The monoisotopic (exact) mass is 464 g/mol. The highest BCUT2D eigenvalue weighted by molar-refractivity contribution is 6.31. The largest absolute Gasteiger partial charge is 0.493 e. The number of anilines is 2. The molecule has 2 N–H and O–H groups in total. The molecular formula is C22H16Cl2F2N2O3. The van der Waals surface area contributed by atoms with Crippen molar-refractivity contribution in [1.82, 2.24) is 0 Å². The number of rotatable bonds is 6. The maximum absolute atomic E-state index is 13.4. The van der Waals surface area contributed by atoms with Gasteiger partial charge in [-0.2, -0.15) is 0 Å². The van der Waals surface area contributed by atoms with Crippen LogP contribution in [-0.2, 0) is 0 Å². The van der Waals surface area contributed by atoms with Gasteiger partial charge < -0.3 is 15.4 Å². The average Bonchev–Trinajstić information content (AvgIpc) is 2.74. The summed E-state index contributed by atoms with van der Waals surface area (Å²) in [5.41, 5.74) is 0.810. The lowest BCUT2D eigenvalue weighted by molar-refractivity contribution is 0.102. The molecule has 0 fully saturated rings. The van der Waals surface area contributed by atoms with E-state index in [2.05, 4.69) is 10.6 Å². The Kier molecular flexibility index (Phi) is 7.09. The van der Waals surface area contributed by atoms with E-state index in [0.717, 1.165) is 12.1 Å². The summed E-state index contributed by atoms with van der Waals surface area (Å²) in [5.74, 6) is -2.08. The Morgan fingerprint density at radius 1 is 0.839 bits per heavy atom. The highest BCUT2D eigenvalue weighted by Gasteiger charge is 2.17. The molecule has 0 aliphatic rings. The first-order valence-electron chi connectivity index (χ1n) is 9.08. The van der Waals surface area contributed by atoms with Gasteiger partial charge in [-0.05, 0) is 61.5 Å². The Morgan fingerprint density at radius 3 is 1.90 bits per heavy atom. The van der Waals surface area contributed by atoms with E-state index >= 15 is 0 Å². The average molecular weight is 465 g/mol. The maximum Gasteiger partial charge on any atom is 0.259 e. The van der Waals surface area contributed by atoms with Gasteiger partial charge in [-0.1, -0.05) is 23.2 Å². The lowest BCUT2D eigenvalue weighted by atomic mass is 10.1. The minimum absolute atomic E-state index is 0.0899. The number of carbonyl (C=O) groups is 2. The van der Waals surface area contributed by atoms with Crippen molar-refractivity contribution in [3.63, 3.8) is 0 Å². The molecule has 0 heterocycles. The molecule has 0 aliphatic heterocycles. The van der Waals surface area contributed by atoms with Gasteiger partial charge in [-0.3, -0.25) is 9.59 Å². The van der Waals surface area contributed by atoms with Crippen molar-refractivity contribution in [3.8, 4) is 5.75 Å². The van der Waals surface area contributed by atoms with Gasteiger partial charge in [-0.25, -0.2) is 8.78 Å². The highest BCUT2D eigenvalue weighted by atomic mass is 35.5. The zero-order valence-electron chi connectivity index (χ0n) is 16.1. The van der Waals surface area contributed by atoms with Crippen molar-refractivity contribution < 1.29 is 23.1 Å². The van der Waals surface area contributed by atoms with Gasteiger partial charge >= 0.3 is 0 Å². The molecule has 0 aliphatic carbocycles. The molecule has 0 unspecified atom stereocenters. The molecule has 0 radical (unpaired) electrons. The van der Waals surface area contributed by atoms with Gasteiger partial charge in [0.25, 0.3) is 11.8 Å². The van der Waals surface area contributed by atoms with Crippen LogP contribution in [0.4, 0.5) is 20.2 Å². The number of nitrogens with one attached hydrogen (secondary N) is 2. The van der Waals surface area contributed by atoms with Crippen LogP contribution in [0.15, 0.2) is 54.6 Å². The van der Waals surface area contributed by atoms with E-state index < -0.39 is 23.4 Å². The maximum atomic E-state index is 13.4. The number of ether oxygens (including phenoxy) is 1. The zero-order valence-corrected chi connectivity index (χ0v) is 17.7. The topological polar surface area (TPSA) is 67.4 Å². The first-order chi connectivity index (χ1) is 14.8. The quantitative estimate of drug-likeness (QED) is 0.457. The summed E-state index contributed by atoms with van der Waals surface area (Å²) < 4.78 is 32.1. The van der Waals surface area contributed by atoms with Gasteiger partial charge in [0.2, 0.25) is 0 Å². The van der Waals surface area contributed by atoms with E-state index in [4.69, 9.17) is 27.9 Å². The smallest absolute Gasteiger partial charge is 0.259 e. The second-order valence-corrected chi connectivity index (χ2v) is 7.12. The second-order valence-electron chi connectivity index (χ2n) is 6.31. The van der Waals surface area contributed by atoms with Gasteiger partial charge in [-0.15, -0.1) is 0 Å². The van der Waals surface area contributed by atoms with Gasteiger partial charge in [0.15, 0.2) is 0 Å². The van der Waals surface area contributed by atoms with Crippen molar-refractivity contribution in [2.24, 2.45) is 0 Å². The van der Waals surface area contributed by atoms with Crippen LogP contribution in [0.2, 0.25) is 10.0 Å². The lowest BCUT2D eigenvalue weighted by Crippen LogP contribution is -2.17. The second kappa shape index (κ2) is 9.76. The van der Waals surface area contributed by atoms with Gasteiger partial charge in [0.1, 0.15) is 17.4 Å². The van der Waals surface area contributed by atoms with Gasteiger partial charge in [0.05, 0.1) is 22.2 Å². The fraction of sp³-hybridized carbons (Fsp3) is 0.0909. The predicted molar refractivity (Wildman–Crippen MR) is 116 cm³/mol. The summed E-state index contributed by atoms with van der Waals surface area (Å²) in [6.07, 6.45) is 0. The molecule has 2 amide bonds. The Morgan fingerprint density at radius 2 is 1.39 bits per heavy atom. The molecule has 0 aromatic heterocycles. The third kappa shape index (κ3) is 5.51. The van der Waals surface area contributed by atoms with Gasteiger partial charge in [0, 0.05) is 16.9 Å². The van der Waals surface area contributed by atoms with E-state index in [1.54, 1.807) is 6.92 Å². The van der Waals surface area contributed by atoms with Crippen LogP contribution in [0.3, 0.4) is 0 Å². The van der Waals surface area contributed by atoms with Crippen LogP contribution in [0.25, 0.3) is 0 Å². The highest BCUT2D eigenvalue weighted by Crippen LogP contribution is 2.25. The van der Waals surface area contributed by atoms with Crippen LogP contribution in [-0.4, -0.2) is 18.4 Å². The zero-order chi connectivity index (χ0) is 22.5. The summed E-state index contributed by atoms with van der Waals surface area (Å²) in [6, 6.07) is 11.8. The summed E-state index contributed by atoms with van der Waals surface area (Å²) in [5, 5.41) is 4.90. The van der Waals surface area contributed by atoms with Crippen molar-refractivity contribution >= 4 is 46.4 Å². The first kappa shape index (κ1) is 22.5. The molecule has 160 valence electrons. The standard InChI is InChI=1S/C22H16Cl2F2N2O3/c1-2-31-20-8-3-12(21(29)27-13-4-6-18(25)16(23)10-13)9-15(20)22(30)28-14-5-7-19(26)17(24)11-14/h3-11H,2H2,1H3,(H,27,29)(H,28,30). The number of carbonyl (C=O) groups excluding carboxylic acids is 2. The number of hydrogen-bond donors (Lipinski definition) is 2. The molecule has 0 spiro atoms. The predicted octanol–water partition coefficient (Wildman–Crippen LogP) is 6.17. The Bertz CT molecular complexity index is 1160. The molecular weight excluding hydrogens is 449 g/mol. The minimum atomic E-state index is -0.616. The summed E-state index contributed by atoms with van der Waals surface area (Å²) in [6.45, 7) is 2.04. The number of halogens is 4. The third-order valence-electron chi connectivity index (χ3n) is 4.14. The SMILES string of the molecule is CCOc1ccc(C(=O)Nc2ccc(F)c(Cl)c2)cc1C(=O)Nc1ccc(F)c(Cl)c1. The molecule has 31 heavy (non-hydrogen) atoms. The lowest BCUT2D eigenvalue weighted by Gasteiger charge is -2.13. The summed E-state index contributed by atoms with van der Waals surface area (Å²) in [4.78, 5) is 25.4. The fourth-order valence-electron chi connectivity index (χ4n) is 2.68. The summed E-state index contributed by atoms with van der Waals surface area (Å²) in [7, 11) is 0. The Labute approximate surface area is 186 Å². The van der Waals surface area contributed by atoms with Crippen LogP contribution in [0, 0.1) is 11.6 Å². The van der Waals surface area contributed by atoms with E-state index in [0.29, 0.717) is 6.61 Å². The molecule has 9 heteroatoms. The van der Waals surface area contributed by atoms with E-state index in [1.807, 2.05) is 0 Å². The molecule has 3 rings (SSSR count). The van der Waals surface area contributed by atoms with Crippen molar-refractivity contribution in [2.45, 2.75) is 6.92 Å². The number of hydrogen-bond acceptors (Lipinski definition) is 3. The first-order valence-corrected chi connectivity index (χ1v) is 9.83. The Hall–Kier alpha value is -3.16. The van der Waals surface area contributed by atoms with E-state index in [-0.39, 0.29) is 38.3 Å². The summed E-state index contributed by atoms with van der Waals surface area (Å²) >= 11 is 11.5. The van der Waals surface area contributed by atoms with E-state index in [1.165, 1.54) is 42.5 Å². The molecule has 0 bridgehead atoms. The fourth-order valence-corrected chi connectivity index (χ4v) is 3.04.